The van der Waals surface area contributed by atoms with E-state index in [1.165, 1.54) is 0 Å². The summed E-state index contributed by atoms with van der Waals surface area (Å²) in [5.41, 5.74) is 8.59. The van der Waals surface area contributed by atoms with Gasteiger partial charge < -0.3 is 24.8 Å². The monoisotopic (exact) mass is 522 g/mol. The van der Waals surface area contributed by atoms with E-state index in [0.29, 0.717) is 13.1 Å². The number of hydrogen-bond donors (Lipinski definition) is 1. The lowest BCUT2D eigenvalue weighted by Crippen LogP contribution is -2.43. The van der Waals surface area contributed by atoms with E-state index in [-0.39, 0.29) is 55.4 Å². The maximum Gasteiger partial charge on any atom is 0.315 e. The summed E-state index contributed by atoms with van der Waals surface area (Å²) >= 11 is 0. The molecule has 35 heavy (non-hydrogen) atoms. The van der Waals surface area contributed by atoms with Gasteiger partial charge in [-0.1, -0.05) is 31.0 Å². The molecule has 192 valence electrons. The zero-order valence-corrected chi connectivity index (χ0v) is 22.1. The Hall–Kier alpha value is -2.22. The Labute approximate surface area is 219 Å². The number of carbonyl (C=O) groups is 2. The highest BCUT2D eigenvalue weighted by atomic mass is 35.5. The van der Waals surface area contributed by atoms with Gasteiger partial charge in [-0.15, -0.1) is 24.8 Å². The summed E-state index contributed by atoms with van der Waals surface area (Å²) in [7, 11) is 2.06. The molecule has 5 rings (SSSR count). The highest BCUT2D eigenvalue weighted by molar-refractivity contribution is 6.11. The van der Waals surface area contributed by atoms with Crippen molar-refractivity contribution in [3.63, 3.8) is 0 Å². The Bertz CT molecular complexity index is 1110. The van der Waals surface area contributed by atoms with Crippen LogP contribution in [-0.2, 0) is 23.0 Å². The number of ether oxygens (including phenoxy) is 1. The Kier molecular flexibility index (Phi) is 8.45. The van der Waals surface area contributed by atoms with Gasteiger partial charge in [0, 0.05) is 60.6 Å². The number of benzene rings is 1. The van der Waals surface area contributed by atoms with E-state index in [1.807, 2.05) is 29.4 Å². The number of Topliss-reactive ketones (excluding diaryl/α,β-unsaturated/α-hetero) is 1. The van der Waals surface area contributed by atoms with E-state index in [2.05, 4.69) is 35.6 Å². The van der Waals surface area contributed by atoms with Crippen molar-refractivity contribution in [1.82, 2.24) is 14.4 Å². The number of para-hydroxylation sites is 1. The lowest BCUT2D eigenvalue weighted by molar-refractivity contribution is -0.160. The number of nitrogens with two attached hydrogens (primary N) is 1. The zero-order valence-electron chi connectivity index (χ0n) is 20.4. The third-order valence-corrected chi connectivity index (χ3v) is 8.14. The standard InChI is InChI=1S/C26H34N4O3.2ClH/c1-18-29(13-14-30(18)17-33-25(32)26(16-27)11-5-6-12-26)15-19-9-10-22-23(24(19)31)20-7-3-4-8-21(20)28(22)2;;/h3-4,7-8,13-14,18-19H,5-6,9-12,15-17,27H2,1-2H3;2*1H. The van der Waals surface area contributed by atoms with Crippen molar-refractivity contribution in [3.8, 4) is 0 Å². The second-order valence-electron chi connectivity index (χ2n) is 9.89. The van der Waals surface area contributed by atoms with Gasteiger partial charge in [0.1, 0.15) is 6.17 Å². The molecule has 0 bridgehead atoms. The molecule has 1 aromatic carbocycles. The number of nitrogens with zero attached hydrogens (tertiary/aromatic N) is 3. The van der Waals surface area contributed by atoms with Gasteiger partial charge in [-0.05, 0) is 38.7 Å². The molecule has 2 N–H and O–H groups in total. The van der Waals surface area contributed by atoms with Gasteiger partial charge in [-0.25, -0.2) is 0 Å². The fraction of sp³-hybridized carbons (Fsp3) is 0.538. The Morgan fingerprint density at radius 1 is 1.14 bits per heavy atom. The normalized spacial score (nSPS) is 22.7. The van der Waals surface area contributed by atoms with Gasteiger partial charge in [0.15, 0.2) is 12.5 Å². The molecule has 1 fully saturated rings. The van der Waals surface area contributed by atoms with Crippen LogP contribution in [0.5, 0.6) is 0 Å². The fourth-order valence-corrected chi connectivity index (χ4v) is 5.89. The maximum atomic E-state index is 13.5. The molecule has 2 heterocycles. The zero-order chi connectivity index (χ0) is 23.2. The van der Waals surface area contributed by atoms with E-state index >= 15 is 0 Å². The first-order chi connectivity index (χ1) is 15.9. The smallest absolute Gasteiger partial charge is 0.315 e. The Balaban J connectivity index is 0.00000171. The van der Waals surface area contributed by atoms with E-state index in [9.17, 15) is 9.59 Å². The van der Waals surface area contributed by atoms with Gasteiger partial charge in [-0.3, -0.25) is 9.59 Å². The van der Waals surface area contributed by atoms with E-state index in [1.54, 1.807) is 0 Å². The summed E-state index contributed by atoms with van der Waals surface area (Å²) in [4.78, 5) is 30.4. The van der Waals surface area contributed by atoms with Gasteiger partial charge in [-0.2, -0.15) is 0 Å². The molecule has 0 spiro atoms. The topological polar surface area (TPSA) is 80.8 Å². The summed E-state index contributed by atoms with van der Waals surface area (Å²) in [5, 5.41) is 1.06. The largest absolute Gasteiger partial charge is 0.444 e. The molecule has 0 amide bonds. The van der Waals surface area contributed by atoms with Crippen LogP contribution in [0.4, 0.5) is 0 Å². The number of carbonyl (C=O) groups excluding carboxylic acids is 2. The first kappa shape index (κ1) is 27.4. The Morgan fingerprint density at radius 3 is 2.54 bits per heavy atom. The number of ketones is 1. The molecule has 2 unspecified atom stereocenters. The average molecular weight is 524 g/mol. The molecule has 2 aromatic rings. The predicted molar refractivity (Wildman–Crippen MR) is 142 cm³/mol. The minimum Gasteiger partial charge on any atom is -0.444 e. The molecule has 2 aliphatic carbocycles. The molecule has 9 heteroatoms. The molecular formula is C26H36Cl2N4O3. The minimum absolute atomic E-state index is 0. The molecule has 3 aliphatic rings. The van der Waals surface area contributed by atoms with E-state index in [4.69, 9.17) is 10.5 Å². The molecule has 1 aliphatic heterocycles. The van der Waals surface area contributed by atoms with E-state index < -0.39 is 5.41 Å². The van der Waals surface area contributed by atoms with Crippen molar-refractivity contribution < 1.29 is 14.3 Å². The number of rotatable bonds is 6. The molecule has 0 saturated heterocycles. The van der Waals surface area contributed by atoms with Crippen LogP contribution in [0.15, 0.2) is 36.7 Å². The number of aromatic nitrogens is 1. The summed E-state index contributed by atoms with van der Waals surface area (Å²) < 4.78 is 7.86. The summed E-state index contributed by atoms with van der Waals surface area (Å²) in [6, 6.07) is 8.17. The lowest BCUT2D eigenvalue weighted by Gasteiger charge is -2.33. The molecule has 7 nitrogen and oxygen atoms in total. The van der Waals surface area contributed by atoms with Crippen molar-refractivity contribution in [3.05, 3.63) is 47.9 Å². The number of hydrogen-bond acceptors (Lipinski definition) is 6. The van der Waals surface area contributed by atoms with Crippen LogP contribution in [0.2, 0.25) is 0 Å². The van der Waals surface area contributed by atoms with Crippen LogP contribution >= 0.6 is 24.8 Å². The quantitative estimate of drug-likeness (QED) is 0.572. The summed E-state index contributed by atoms with van der Waals surface area (Å²) in [6.07, 6.45) is 9.46. The first-order valence-electron chi connectivity index (χ1n) is 12.1. The van der Waals surface area contributed by atoms with Crippen LogP contribution in [0.3, 0.4) is 0 Å². The van der Waals surface area contributed by atoms with Gasteiger partial charge >= 0.3 is 5.97 Å². The lowest BCUT2D eigenvalue weighted by atomic mass is 9.84. The first-order valence-corrected chi connectivity index (χ1v) is 12.1. The van der Waals surface area contributed by atoms with Gasteiger partial charge in [0.25, 0.3) is 0 Å². The third-order valence-electron chi connectivity index (χ3n) is 8.14. The van der Waals surface area contributed by atoms with Crippen LogP contribution in [0, 0.1) is 11.3 Å². The van der Waals surface area contributed by atoms with Crippen molar-refractivity contribution in [2.75, 3.05) is 19.8 Å². The third kappa shape index (κ3) is 4.66. The predicted octanol–water partition coefficient (Wildman–Crippen LogP) is 4.22. The minimum atomic E-state index is -0.503. The molecule has 2 atom stereocenters. The van der Waals surface area contributed by atoms with Crippen molar-refractivity contribution in [1.29, 1.82) is 0 Å². The van der Waals surface area contributed by atoms with Crippen LogP contribution < -0.4 is 5.73 Å². The number of esters is 1. The highest BCUT2D eigenvalue weighted by Crippen LogP contribution is 2.38. The van der Waals surface area contributed by atoms with E-state index in [0.717, 1.165) is 60.7 Å². The highest BCUT2D eigenvalue weighted by Gasteiger charge is 2.42. The SMILES string of the molecule is CC1N(COC(=O)C2(CN)CCCC2)C=CN1CC1CCc2c(c3ccccc3n2C)C1=O.Cl.Cl. The average Bonchev–Trinajstić information content (AvgIpc) is 3.53. The number of fused-ring (bicyclic) bond motifs is 3. The number of halogens is 2. The van der Waals surface area contributed by atoms with Gasteiger partial charge in [0.05, 0.1) is 5.41 Å². The molecule has 1 aromatic heterocycles. The van der Waals surface area contributed by atoms with Gasteiger partial charge in [0.2, 0.25) is 0 Å². The van der Waals surface area contributed by atoms with Crippen molar-refractivity contribution in [2.24, 2.45) is 24.1 Å². The Morgan fingerprint density at radius 2 is 1.83 bits per heavy atom. The second-order valence-corrected chi connectivity index (χ2v) is 9.89. The van der Waals surface area contributed by atoms with Crippen molar-refractivity contribution >= 4 is 47.5 Å². The summed E-state index contributed by atoms with van der Waals surface area (Å²) in [6.45, 7) is 3.30. The van der Waals surface area contributed by atoms with Crippen LogP contribution in [-0.4, -0.2) is 52.1 Å². The number of aryl methyl sites for hydroxylation is 1. The molecular weight excluding hydrogens is 487 g/mol. The molecule has 0 radical (unpaired) electrons. The van der Waals surface area contributed by atoms with Crippen molar-refractivity contribution in [2.45, 2.75) is 51.6 Å². The fourth-order valence-electron chi connectivity index (χ4n) is 5.89. The maximum absolute atomic E-state index is 13.5. The van der Waals surface area contributed by atoms with Crippen LogP contribution in [0.1, 0.15) is 55.1 Å². The second kappa shape index (κ2) is 10.8. The van der Waals surface area contributed by atoms with Crippen LogP contribution in [0.25, 0.3) is 10.9 Å². The summed E-state index contributed by atoms with van der Waals surface area (Å²) in [5.74, 6) is 0.0223. The molecule has 1 saturated carbocycles.